The van der Waals surface area contributed by atoms with Crippen LogP contribution in [-0.4, -0.2) is 23.5 Å². The lowest BCUT2D eigenvalue weighted by molar-refractivity contribution is 0.191. The summed E-state index contributed by atoms with van der Waals surface area (Å²) in [6, 6.07) is 8.05. The smallest absolute Gasteiger partial charge is 0.110 e. The van der Waals surface area contributed by atoms with Crippen molar-refractivity contribution in [3.05, 3.63) is 33.8 Å². The standard InChI is InChI=1S/C14H16Cl2N2/c1-14(10-17,18-6-2-3-7-18)9-11-4-5-12(15)13(16)8-11/h4-5,8H,2-3,6-7,9H2,1H3. The Morgan fingerprint density at radius 2 is 1.94 bits per heavy atom. The van der Waals surface area contributed by atoms with Crippen LogP contribution >= 0.6 is 23.2 Å². The van der Waals surface area contributed by atoms with Crippen LogP contribution < -0.4 is 0 Å². The molecule has 1 aromatic rings. The number of hydrogen-bond donors (Lipinski definition) is 0. The van der Waals surface area contributed by atoms with Crippen molar-refractivity contribution in [1.82, 2.24) is 4.90 Å². The lowest BCUT2D eigenvalue weighted by atomic mass is 9.92. The molecule has 0 saturated carbocycles. The first-order valence-corrected chi connectivity index (χ1v) is 6.91. The van der Waals surface area contributed by atoms with Crippen molar-refractivity contribution in [2.24, 2.45) is 0 Å². The minimum Gasteiger partial charge on any atom is -0.285 e. The number of likely N-dealkylation sites (tertiary alicyclic amines) is 1. The molecule has 0 radical (unpaired) electrons. The van der Waals surface area contributed by atoms with Crippen LogP contribution in [0.15, 0.2) is 18.2 Å². The van der Waals surface area contributed by atoms with Gasteiger partial charge in [0.2, 0.25) is 0 Å². The van der Waals surface area contributed by atoms with E-state index in [0.717, 1.165) is 18.7 Å². The van der Waals surface area contributed by atoms with Crippen molar-refractivity contribution in [3.8, 4) is 6.07 Å². The van der Waals surface area contributed by atoms with Crippen LogP contribution in [0.25, 0.3) is 0 Å². The Labute approximate surface area is 118 Å². The zero-order valence-electron chi connectivity index (χ0n) is 10.4. The van der Waals surface area contributed by atoms with Crippen molar-refractivity contribution in [2.75, 3.05) is 13.1 Å². The predicted octanol–water partition coefficient (Wildman–Crippen LogP) is 3.91. The van der Waals surface area contributed by atoms with E-state index >= 15 is 0 Å². The van der Waals surface area contributed by atoms with Gasteiger partial charge in [0.05, 0.1) is 16.1 Å². The summed E-state index contributed by atoms with van der Waals surface area (Å²) < 4.78 is 0. The van der Waals surface area contributed by atoms with Gasteiger partial charge in [-0.15, -0.1) is 0 Å². The summed E-state index contributed by atoms with van der Waals surface area (Å²) >= 11 is 11.9. The minimum absolute atomic E-state index is 0.451. The van der Waals surface area contributed by atoms with Crippen molar-refractivity contribution in [1.29, 1.82) is 5.26 Å². The van der Waals surface area contributed by atoms with Crippen LogP contribution in [0.3, 0.4) is 0 Å². The summed E-state index contributed by atoms with van der Waals surface area (Å²) in [4.78, 5) is 2.26. The fourth-order valence-corrected chi connectivity index (χ4v) is 2.80. The Bertz CT molecular complexity index is 475. The molecule has 1 heterocycles. The molecule has 2 nitrogen and oxygen atoms in total. The molecule has 0 aliphatic carbocycles. The van der Waals surface area contributed by atoms with Crippen molar-refractivity contribution in [2.45, 2.75) is 31.7 Å². The fraction of sp³-hybridized carbons (Fsp3) is 0.500. The molecule has 1 aliphatic rings. The molecule has 1 atom stereocenters. The first-order chi connectivity index (χ1) is 8.55. The van der Waals surface area contributed by atoms with Gasteiger partial charge < -0.3 is 0 Å². The minimum atomic E-state index is -0.451. The zero-order chi connectivity index (χ0) is 13.2. The first kappa shape index (κ1) is 13.7. The third-order valence-corrected chi connectivity index (χ3v) is 4.32. The highest BCUT2D eigenvalue weighted by Gasteiger charge is 2.33. The van der Waals surface area contributed by atoms with Gasteiger partial charge in [-0.25, -0.2) is 0 Å². The van der Waals surface area contributed by atoms with Crippen LogP contribution in [0, 0.1) is 11.3 Å². The van der Waals surface area contributed by atoms with E-state index in [2.05, 4.69) is 11.0 Å². The topological polar surface area (TPSA) is 27.0 Å². The highest BCUT2D eigenvalue weighted by molar-refractivity contribution is 6.42. The van der Waals surface area contributed by atoms with Gasteiger partial charge in [-0.3, -0.25) is 4.90 Å². The van der Waals surface area contributed by atoms with Crippen LogP contribution in [0.5, 0.6) is 0 Å². The van der Waals surface area contributed by atoms with Gasteiger partial charge in [0.1, 0.15) is 5.54 Å². The number of benzene rings is 1. The predicted molar refractivity (Wildman–Crippen MR) is 75.0 cm³/mol. The molecule has 2 rings (SSSR count). The quantitative estimate of drug-likeness (QED) is 0.840. The molecule has 1 fully saturated rings. The Balaban J connectivity index is 2.19. The number of nitriles is 1. The van der Waals surface area contributed by atoms with E-state index in [-0.39, 0.29) is 0 Å². The third kappa shape index (κ3) is 2.80. The van der Waals surface area contributed by atoms with Crippen LogP contribution in [0.1, 0.15) is 25.3 Å². The van der Waals surface area contributed by atoms with E-state index in [4.69, 9.17) is 23.2 Å². The second kappa shape index (κ2) is 5.48. The van der Waals surface area contributed by atoms with Gasteiger partial charge in [-0.2, -0.15) is 5.26 Å². The maximum atomic E-state index is 9.48. The number of rotatable bonds is 3. The average molecular weight is 283 g/mol. The molecule has 1 aromatic carbocycles. The van der Waals surface area contributed by atoms with E-state index in [1.807, 2.05) is 19.1 Å². The summed E-state index contributed by atoms with van der Waals surface area (Å²) in [5.41, 5.74) is 0.605. The van der Waals surface area contributed by atoms with E-state index in [0.29, 0.717) is 16.5 Å². The lowest BCUT2D eigenvalue weighted by Gasteiger charge is -2.32. The largest absolute Gasteiger partial charge is 0.285 e. The van der Waals surface area contributed by atoms with E-state index in [1.54, 1.807) is 6.07 Å². The zero-order valence-corrected chi connectivity index (χ0v) is 11.9. The molecule has 0 N–H and O–H groups in total. The maximum absolute atomic E-state index is 9.48. The first-order valence-electron chi connectivity index (χ1n) is 6.15. The van der Waals surface area contributed by atoms with Crippen LogP contribution in [0.2, 0.25) is 10.0 Å². The molecule has 18 heavy (non-hydrogen) atoms. The Kier molecular flexibility index (Phi) is 4.17. The summed E-state index contributed by atoms with van der Waals surface area (Å²) in [5, 5.41) is 10.6. The summed E-state index contributed by atoms with van der Waals surface area (Å²) in [7, 11) is 0. The highest BCUT2D eigenvalue weighted by Crippen LogP contribution is 2.28. The van der Waals surface area contributed by atoms with Gasteiger partial charge in [-0.05, 0) is 50.6 Å². The molecule has 4 heteroatoms. The Morgan fingerprint density at radius 3 is 2.50 bits per heavy atom. The summed E-state index contributed by atoms with van der Waals surface area (Å²) in [5.74, 6) is 0. The number of halogens is 2. The Morgan fingerprint density at radius 1 is 1.28 bits per heavy atom. The van der Waals surface area contributed by atoms with Crippen molar-refractivity contribution >= 4 is 23.2 Å². The van der Waals surface area contributed by atoms with Crippen LogP contribution in [0.4, 0.5) is 0 Å². The lowest BCUT2D eigenvalue weighted by Crippen LogP contribution is -2.45. The van der Waals surface area contributed by atoms with Gasteiger partial charge in [0, 0.05) is 6.42 Å². The van der Waals surface area contributed by atoms with E-state index in [9.17, 15) is 5.26 Å². The van der Waals surface area contributed by atoms with Crippen LogP contribution in [-0.2, 0) is 6.42 Å². The van der Waals surface area contributed by atoms with E-state index < -0.39 is 5.54 Å². The Hall–Kier alpha value is -0.750. The SMILES string of the molecule is CC(C#N)(Cc1ccc(Cl)c(Cl)c1)N1CCCC1. The molecule has 0 spiro atoms. The van der Waals surface area contributed by atoms with Crippen molar-refractivity contribution in [3.63, 3.8) is 0 Å². The molecule has 0 bridgehead atoms. The van der Waals surface area contributed by atoms with E-state index in [1.165, 1.54) is 12.8 Å². The molecular formula is C14H16Cl2N2. The molecule has 0 aromatic heterocycles. The second-order valence-corrected chi connectivity index (χ2v) is 5.82. The molecule has 1 saturated heterocycles. The van der Waals surface area contributed by atoms with Gasteiger partial charge >= 0.3 is 0 Å². The normalized spacial score (nSPS) is 19.4. The fourth-order valence-electron chi connectivity index (χ4n) is 2.48. The molecule has 96 valence electrons. The summed E-state index contributed by atoms with van der Waals surface area (Å²) in [6.07, 6.45) is 3.04. The monoisotopic (exact) mass is 282 g/mol. The maximum Gasteiger partial charge on any atom is 0.110 e. The molecular weight excluding hydrogens is 267 g/mol. The van der Waals surface area contributed by atoms with Gasteiger partial charge in [0.25, 0.3) is 0 Å². The third-order valence-electron chi connectivity index (χ3n) is 3.58. The molecule has 0 amide bonds. The number of hydrogen-bond acceptors (Lipinski definition) is 2. The average Bonchev–Trinajstić information content (AvgIpc) is 2.88. The van der Waals surface area contributed by atoms with Crippen molar-refractivity contribution < 1.29 is 0 Å². The molecule has 1 aliphatic heterocycles. The highest BCUT2D eigenvalue weighted by atomic mass is 35.5. The second-order valence-electron chi connectivity index (χ2n) is 5.01. The molecule has 1 unspecified atom stereocenters. The van der Waals surface area contributed by atoms with Gasteiger partial charge in [-0.1, -0.05) is 29.3 Å². The summed E-state index contributed by atoms with van der Waals surface area (Å²) in [6.45, 7) is 4.01. The van der Waals surface area contributed by atoms with Gasteiger partial charge in [0.15, 0.2) is 0 Å². The number of nitrogens with zero attached hydrogens (tertiary/aromatic N) is 2.